The maximum Gasteiger partial charge on any atom is 0.324 e. The van der Waals surface area contributed by atoms with Gasteiger partial charge in [0.25, 0.3) is 0 Å². The van der Waals surface area contributed by atoms with Crippen LogP contribution in [0.4, 0.5) is 10.5 Å². The van der Waals surface area contributed by atoms with E-state index in [9.17, 15) is 14.7 Å². The minimum absolute atomic E-state index is 0.0120. The Kier molecular flexibility index (Phi) is 4.50. The van der Waals surface area contributed by atoms with Gasteiger partial charge in [0, 0.05) is 25.3 Å². The largest absolute Gasteiger partial charge is 0.481 e. The summed E-state index contributed by atoms with van der Waals surface area (Å²) in [6.07, 6.45) is 0. The molecule has 1 heterocycles. The lowest BCUT2D eigenvalue weighted by atomic mass is 9.99. The van der Waals surface area contributed by atoms with Crippen LogP contribution in [-0.4, -0.2) is 41.6 Å². The third kappa shape index (κ3) is 3.01. The summed E-state index contributed by atoms with van der Waals surface area (Å²) in [5.74, 6) is -1.30. The molecule has 1 saturated heterocycles. The van der Waals surface area contributed by atoms with Crippen LogP contribution >= 0.6 is 0 Å². The number of carbonyl (C=O) groups excluding carboxylic acids is 1. The molecule has 2 atom stereocenters. The Labute approximate surface area is 125 Å². The number of carbonyl (C=O) groups is 2. The number of hydrogen-bond acceptors (Lipinski definition) is 2. The Morgan fingerprint density at radius 3 is 2.52 bits per heavy atom. The van der Waals surface area contributed by atoms with Crippen LogP contribution in [0.1, 0.15) is 19.4 Å². The first-order valence-electron chi connectivity index (χ1n) is 7.30. The van der Waals surface area contributed by atoms with E-state index in [-0.39, 0.29) is 18.5 Å². The third-order valence-corrected chi connectivity index (χ3v) is 4.15. The highest BCUT2D eigenvalue weighted by atomic mass is 16.4. The van der Waals surface area contributed by atoms with Crippen molar-refractivity contribution in [2.75, 3.05) is 24.5 Å². The van der Waals surface area contributed by atoms with Crippen molar-refractivity contribution in [3.63, 3.8) is 0 Å². The van der Waals surface area contributed by atoms with E-state index in [2.05, 4.69) is 0 Å². The Hall–Kier alpha value is -2.04. The highest BCUT2D eigenvalue weighted by Crippen LogP contribution is 2.27. The standard InChI is InChI=1S/C16H22N2O3/c1-4-18(14-8-6-5-7-11(14)2)16(21)17-9-12(3)13(10-17)15(19)20/h5-8,12-13H,4,9-10H2,1-3H3,(H,19,20). The molecule has 21 heavy (non-hydrogen) atoms. The van der Waals surface area contributed by atoms with E-state index in [1.54, 1.807) is 9.80 Å². The number of aliphatic carboxylic acids is 1. The first-order chi connectivity index (χ1) is 9.95. The lowest BCUT2D eigenvalue weighted by Crippen LogP contribution is -2.43. The number of urea groups is 1. The van der Waals surface area contributed by atoms with Crippen LogP contribution in [0.2, 0.25) is 0 Å². The molecule has 1 aliphatic heterocycles. The molecule has 0 spiro atoms. The van der Waals surface area contributed by atoms with Gasteiger partial charge < -0.3 is 10.0 Å². The smallest absolute Gasteiger partial charge is 0.324 e. The molecule has 1 aliphatic rings. The molecule has 1 aromatic carbocycles. The lowest BCUT2D eigenvalue weighted by molar-refractivity contribution is -0.142. The van der Waals surface area contributed by atoms with Gasteiger partial charge in [-0.3, -0.25) is 9.69 Å². The van der Waals surface area contributed by atoms with E-state index >= 15 is 0 Å². The SMILES string of the molecule is CCN(C(=O)N1CC(C)C(C(=O)O)C1)c1ccccc1C. The first kappa shape index (κ1) is 15.4. The minimum Gasteiger partial charge on any atom is -0.481 e. The second-order valence-electron chi connectivity index (χ2n) is 5.64. The number of nitrogens with zero attached hydrogens (tertiary/aromatic N) is 2. The van der Waals surface area contributed by atoms with Crippen LogP contribution in [0.3, 0.4) is 0 Å². The van der Waals surface area contributed by atoms with Crippen molar-refractivity contribution in [2.24, 2.45) is 11.8 Å². The number of hydrogen-bond donors (Lipinski definition) is 1. The Morgan fingerprint density at radius 2 is 2.00 bits per heavy atom. The molecule has 1 aromatic rings. The Bertz CT molecular complexity index is 544. The summed E-state index contributed by atoms with van der Waals surface area (Å²) in [6, 6.07) is 7.63. The number of carboxylic acid groups (broad SMARTS) is 1. The van der Waals surface area contributed by atoms with Gasteiger partial charge in [-0.15, -0.1) is 0 Å². The van der Waals surface area contributed by atoms with Crippen molar-refractivity contribution >= 4 is 17.7 Å². The van der Waals surface area contributed by atoms with Gasteiger partial charge in [-0.2, -0.15) is 0 Å². The second-order valence-corrected chi connectivity index (χ2v) is 5.64. The molecule has 2 amide bonds. The molecule has 0 radical (unpaired) electrons. The minimum atomic E-state index is -0.822. The summed E-state index contributed by atoms with van der Waals surface area (Å²) in [5.41, 5.74) is 1.92. The summed E-state index contributed by atoms with van der Waals surface area (Å²) in [6.45, 7) is 7.13. The molecule has 114 valence electrons. The molecule has 0 aliphatic carbocycles. The molecule has 1 N–H and O–H groups in total. The van der Waals surface area contributed by atoms with Crippen LogP contribution in [0.25, 0.3) is 0 Å². The predicted octanol–water partition coefficient (Wildman–Crippen LogP) is 2.59. The van der Waals surface area contributed by atoms with Gasteiger partial charge >= 0.3 is 12.0 Å². The monoisotopic (exact) mass is 290 g/mol. The maximum absolute atomic E-state index is 12.7. The lowest BCUT2D eigenvalue weighted by Gasteiger charge is -2.28. The molecule has 5 nitrogen and oxygen atoms in total. The van der Waals surface area contributed by atoms with Gasteiger partial charge in [-0.1, -0.05) is 25.1 Å². The number of para-hydroxylation sites is 1. The number of anilines is 1. The zero-order valence-corrected chi connectivity index (χ0v) is 12.7. The van der Waals surface area contributed by atoms with Crippen LogP contribution in [0.5, 0.6) is 0 Å². The van der Waals surface area contributed by atoms with Crippen molar-refractivity contribution in [2.45, 2.75) is 20.8 Å². The van der Waals surface area contributed by atoms with E-state index < -0.39 is 11.9 Å². The number of likely N-dealkylation sites (tertiary alicyclic amines) is 1. The summed E-state index contributed by atoms with van der Waals surface area (Å²) in [4.78, 5) is 27.3. The molecular formula is C16H22N2O3. The van der Waals surface area contributed by atoms with Gasteiger partial charge in [0.05, 0.1) is 5.92 Å². The van der Waals surface area contributed by atoms with Crippen molar-refractivity contribution in [3.8, 4) is 0 Å². The van der Waals surface area contributed by atoms with E-state index in [0.717, 1.165) is 11.3 Å². The number of amides is 2. The molecule has 5 heteroatoms. The van der Waals surface area contributed by atoms with E-state index in [0.29, 0.717) is 13.1 Å². The van der Waals surface area contributed by atoms with Gasteiger partial charge in [0.1, 0.15) is 0 Å². The normalized spacial score (nSPS) is 21.4. The number of benzene rings is 1. The third-order valence-electron chi connectivity index (χ3n) is 4.15. The van der Waals surface area contributed by atoms with Crippen molar-refractivity contribution in [3.05, 3.63) is 29.8 Å². The summed E-state index contributed by atoms with van der Waals surface area (Å²) >= 11 is 0. The fourth-order valence-electron chi connectivity index (χ4n) is 2.89. The van der Waals surface area contributed by atoms with E-state index in [1.165, 1.54) is 0 Å². The predicted molar refractivity (Wildman–Crippen MR) is 81.5 cm³/mol. The zero-order valence-electron chi connectivity index (χ0n) is 12.7. The Morgan fingerprint density at radius 1 is 1.33 bits per heavy atom. The van der Waals surface area contributed by atoms with Crippen molar-refractivity contribution in [1.29, 1.82) is 0 Å². The summed E-state index contributed by atoms with van der Waals surface area (Å²) < 4.78 is 0. The summed E-state index contributed by atoms with van der Waals surface area (Å²) in [5, 5.41) is 9.19. The van der Waals surface area contributed by atoms with Gasteiger partial charge in [-0.05, 0) is 31.4 Å². The molecule has 1 fully saturated rings. The molecular weight excluding hydrogens is 268 g/mol. The van der Waals surface area contributed by atoms with E-state index in [4.69, 9.17) is 0 Å². The van der Waals surface area contributed by atoms with Crippen LogP contribution in [0.15, 0.2) is 24.3 Å². The average molecular weight is 290 g/mol. The average Bonchev–Trinajstić information content (AvgIpc) is 2.84. The molecule has 0 aromatic heterocycles. The molecule has 2 rings (SSSR count). The quantitative estimate of drug-likeness (QED) is 0.930. The molecule has 2 unspecified atom stereocenters. The highest BCUT2D eigenvalue weighted by molar-refractivity contribution is 5.93. The van der Waals surface area contributed by atoms with Gasteiger partial charge in [0.15, 0.2) is 0 Å². The van der Waals surface area contributed by atoms with Crippen molar-refractivity contribution < 1.29 is 14.7 Å². The number of carboxylic acids is 1. The molecule has 0 saturated carbocycles. The molecule has 0 bridgehead atoms. The van der Waals surface area contributed by atoms with Crippen LogP contribution in [0, 0.1) is 18.8 Å². The van der Waals surface area contributed by atoms with Crippen molar-refractivity contribution in [1.82, 2.24) is 4.90 Å². The highest BCUT2D eigenvalue weighted by Gasteiger charge is 2.38. The zero-order chi connectivity index (χ0) is 15.6. The fourth-order valence-corrected chi connectivity index (χ4v) is 2.89. The fraction of sp³-hybridized carbons (Fsp3) is 0.500. The summed E-state index contributed by atoms with van der Waals surface area (Å²) in [7, 11) is 0. The van der Waals surface area contributed by atoms with Gasteiger partial charge in [-0.25, -0.2) is 4.79 Å². The van der Waals surface area contributed by atoms with Crippen LogP contribution in [-0.2, 0) is 4.79 Å². The van der Waals surface area contributed by atoms with E-state index in [1.807, 2.05) is 45.0 Å². The number of aryl methyl sites for hydroxylation is 1. The van der Waals surface area contributed by atoms with Gasteiger partial charge in [0.2, 0.25) is 0 Å². The Balaban J connectivity index is 2.19. The topological polar surface area (TPSA) is 60.9 Å². The second kappa shape index (κ2) is 6.16. The maximum atomic E-state index is 12.7. The number of rotatable bonds is 3. The first-order valence-corrected chi connectivity index (χ1v) is 7.30. The van der Waals surface area contributed by atoms with Crippen LogP contribution < -0.4 is 4.90 Å².